The molecule has 2 heterocycles. The molecule has 1 unspecified atom stereocenters. The summed E-state index contributed by atoms with van der Waals surface area (Å²) in [5.74, 6) is -1.53. The van der Waals surface area contributed by atoms with E-state index in [0.717, 1.165) is 9.35 Å². The van der Waals surface area contributed by atoms with Crippen LogP contribution in [0.2, 0.25) is 0 Å². The predicted molar refractivity (Wildman–Crippen MR) is 107 cm³/mol. The molecule has 0 spiro atoms. The summed E-state index contributed by atoms with van der Waals surface area (Å²) in [7, 11) is 0. The van der Waals surface area contributed by atoms with Crippen molar-refractivity contribution >= 4 is 45.0 Å². The van der Waals surface area contributed by atoms with E-state index in [0.29, 0.717) is 30.8 Å². The summed E-state index contributed by atoms with van der Waals surface area (Å²) in [6.07, 6.45) is 1.52. The van der Waals surface area contributed by atoms with Crippen LogP contribution in [-0.4, -0.2) is 35.7 Å². The fourth-order valence-electron chi connectivity index (χ4n) is 3.02. The zero-order chi connectivity index (χ0) is 20.1. The Morgan fingerprint density at radius 2 is 1.89 bits per heavy atom. The molecule has 2 N–H and O–H groups in total. The van der Waals surface area contributed by atoms with Crippen molar-refractivity contribution < 1.29 is 18.8 Å². The number of nitrogens with zero attached hydrogens (tertiary/aromatic N) is 1. The number of hydrazine groups is 1. The Balaban J connectivity index is 1.50. The normalized spacial score (nSPS) is 16.5. The summed E-state index contributed by atoms with van der Waals surface area (Å²) in [5, 5.41) is 0. The fraction of sp³-hybridized carbons (Fsp3) is 0.316. The van der Waals surface area contributed by atoms with Crippen LogP contribution in [0, 0.1) is 11.7 Å². The molecule has 3 rings (SSSR count). The SMILES string of the molecule is O=C(NNC(=O)C1CCCN(C(=O)Cc2ccc(F)cc2)C1)c1ccc(Br)s1. The lowest BCUT2D eigenvalue weighted by molar-refractivity contribution is -0.135. The Labute approximate surface area is 174 Å². The van der Waals surface area contributed by atoms with Gasteiger partial charge in [-0.25, -0.2) is 4.39 Å². The second-order valence-corrected chi connectivity index (χ2v) is 8.99. The van der Waals surface area contributed by atoms with Gasteiger partial charge in [0.25, 0.3) is 5.91 Å². The summed E-state index contributed by atoms with van der Waals surface area (Å²) < 4.78 is 13.8. The third-order valence-electron chi connectivity index (χ3n) is 4.51. The molecule has 0 radical (unpaired) electrons. The Morgan fingerprint density at radius 3 is 2.57 bits per heavy atom. The van der Waals surface area contributed by atoms with Gasteiger partial charge >= 0.3 is 0 Å². The van der Waals surface area contributed by atoms with Crippen LogP contribution in [-0.2, 0) is 16.0 Å². The van der Waals surface area contributed by atoms with Gasteiger partial charge in [-0.1, -0.05) is 12.1 Å². The van der Waals surface area contributed by atoms with E-state index in [4.69, 9.17) is 0 Å². The smallest absolute Gasteiger partial charge is 0.279 e. The monoisotopic (exact) mass is 467 g/mol. The van der Waals surface area contributed by atoms with Gasteiger partial charge < -0.3 is 4.90 Å². The highest BCUT2D eigenvalue weighted by Gasteiger charge is 2.28. The van der Waals surface area contributed by atoms with Crippen LogP contribution in [0.3, 0.4) is 0 Å². The van der Waals surface area contributed by atoms with E-state index in [1.165, 1.54) is 23.5 Å². The Morgan fingerprint density at radius 1 is 1.14 bits per heavy atom. The van der Waals surface area contributed by atoms with Crippen molar-refractivity contribution in [1.82, 2.24) is 15.8 Å². The van der Waals surface area contributed by atoms with Crippen molar-refractivity contribution in [3.05, 3.63) is 56.4 Å². The van der Waals surface area contributed by atoms with Gasteiger partial charge in [0.15, 0.2) is 0 Å². The molecule has 6 nitrogen and oxygen atoms in total. The second-order valence-electron chi connectivity index (χ2n) is 6.53. The number of piperidine rings is 1. The minimum absolute atomic E-state index is 0.100. The summed E-state index contributed by atoms with van der Waals surface area (Å²) >= 11 is 4.55. The molecule has 148 valence electrons. The number of benzene rings is 1. The average molecular weight is 468 g/mol. The quantitative estimate of drug-likeness (QED) is 0.678. The van der Waals surface area contributed by atoms with E-state index in [-0.39, 0.29) is 35.9 Å². The van der Waals surface area contributed by atoms with E-state index in [1.807, 2.05) is 0 Å². The molecule has 1 saturated heterocycles. The van der Waals surface area contributed by atoms with Gasteiger partial charge in [-0.15, -0.1) is 11.3 Å². The van der Waals surface area contributed by atoms with Crippen molar-refractivity contribution in [3.63, 3.8) is 0 Å². The van der Waals surface area contributed by atoms with Crippen molar-refractivity contribution in [2.75, 3.05) is 13.1 Å². The number of nitrogens with one attached hydrogen (secondary N) is 2. The molecule has 9 heteroatoms. The predicted octanol–water partition coefficient (Wildman–Crippen LogP) is 2.89. The van der Waals surface area contributed by atoms with Gasteiger partial charge in [0, 0.05) is 13.1 Å². The third kappa shape index (κ3) is 5.39. The molecule has 1 atom stereocenters. The van der Waals surface area contributed by atoms with Crippen LogP contribution in [0.4, 0.5) is 4.39 Å². The Bertz CT molecular complexity index is 872. The first kappa shape index (κ1) is 20.5. The van der Waals surface area contributed by atoms with Gasteiger partial charge in [-0.2, -0.15) is 0 Å². The second kappa shape index (κ2) is 9.29. The average Bonchev–Trinajstić information content (AvgIpc) is 3.14. The van der Waals surface area contributed by atoms with Gasteiger partial charge in [-0.3, -0.25) is 25.2 Å². The molecule has 2 aromatic rings. The molecule has 0 aliphatic carbocycles. The molecule has 1 aromatic heterocycles. The number of carbonyl (C=O) groups is 3. The molecule has 1 aliphatic heterocycles. The molecule has 3 amide bonds. The number of amides is 3. The van der Waals surface area contributed by atoms with Crippen LogP contribution >= 0.6 is 27.3 Å². The van der Waals surface area contributed by atoms with Gasteiger partial charge in [0.1, 0.15) is 5.82 Å². The zero-order valence-corrected chi connectivity index (χ0v) is 17.3. The third-order valence-corrected chi connectivity index (χ3v) is 6.13. The van der Waals surface area contributed by atoms with Crippen LogP contribution in [0.1, 0.15) is 28.1 Å². The minimum atomic E-state index is -0.388. The number of hydrogen-bond acceptors (Lipinski definition) is 4. The summed E-state index contributed by atoms with van der Waals surface area (Å²) in [6, 6.07) is 9.23. The first-order chi connectivity index (χ1) is 13.4. The van der Waals surface area contributed by atoms with Crippen molar-refractivity contribution in [1.29, 1.82) is 0 Å². The fourth-order valence-corrected chi connectivity index (χ4v) is 4.31. The van der Waals surface area contributed by atoms with E-state index < -0.39 is 0 Å². The van der Waals surface area contributed by atoms with Crippen molar-refractivity contribution in [2.45, 2.75) is 19.3 Å². The molecule has 0 saturated carbocycles. The highest BCUT2D eigenvalue weighted by Crippen LogP contribution is 2.22. The summed E-state index contributed by atoms with van der Waals surface area (Å²) in [4.78, 5) is 39.0. The van der Waals surface area contributed by atoms with E-state index in [1.54, 1.807) is 29.2 Å². The standard InChI is InChI=1S/C19H19BrFN3O3S/c20-16-8-7-15(28-16)19(27)23-22-18(26)13-2-1-9-24(11-13)17(25)10-12-3-5-14(21)6-4-12/h3-8,13H,1-2,9-11H2,(H,22,26)(H,23,27). The maximum absolute atomic E-state index is 13.0. The molecule has 1 aliphatic rings. The lowest BCUT2D eigenvalue weighted by Crippen LogP contribution is -2.50. The minimum Gasteiger partial charge on any atom is -0.342 e. The molecule has 1 aromatic carbocycles. The van der Waals surface area contributed by atoms with Crippen LogP contribution in [0.25, 0.3) is 0 Å². The first-order valence-electron chi connectivity index (χ1n) is 8.80. The topological polar surface area (TPSA) is 78.5 Å². The highest BCUT2D eigenvalue weighted by atomic mass is 79.9. The Kier molecular flexibility index (Phi) is 6.79. The molecule has 0 bridgehead atoms. The van der Waals surface area contributed by atoms with Crippen LogP contribution in [0.5, 0.6) is 0 Å². The van der Waals surface area contributed by atoms with Crippen LogP contribution in [0.15, 0.2) is 40.2 Å². The lowest BCUT2D eigenvalue weighted by atomic mass is 9.97. The van der Waals surface area contributed by atoms with Gasteiger partial charge in [0.05, 0.1) is 21.0 Å². The van der Waals surface area contributed by atoms with Crippen molar-refractivity contribution in [3.8, 4) is 0 Å². The van der Waals surface area contributed by atoms with Gasteiger partial charge in [0.2, 0.25) is 11.8 Å². The molecular formula is C19H19BrFN3O3S. The number of likely N-dealkylation sites (tertiary alicyclic amines) is 1. The lowest BCUT2D eigenvalue weighted by Gasteiger charge is -2.32. The summed E-state index contributed by atoms with van der Waals surface area (Å²) in [6.45, 7) is 0.881. The highest BCUT2D eigenvalue weighted by molar-refractivity contribution is 9.11. The Hall–Kier alpha value is -2.26. The van der Waals surface area contributed by atoms with Gasteiger partial charge in [-0.05, 0) is 58.6 Å². The van der Waals surface area contributed by atoms with Crippen LogP contribution < -0.4 is 10.9 Å². The molecule has 28 heavy (non-hydrogen) atoms. The van der Waals surface area contributed by atoms with E-state index in [2.05, 4.69) is 26.8 Å². The molecular weight excluding hydrogens is 449 g/mol. The largest absolute Gasteiger partial charge is 0.342 e. The maximum Gasteiger partial charge on any atom is 0.279 e. The number of rotatable bonds is 4. The number of hydrogen-bond donors (Lipinski definition) is 2. The first-order valence-corrected chi connectivity index (χ1v) is 10.4. The summed E-state index contributed by atoms with van der Waals surface area (Å²) in [5.41, 5.74) is 5.59. The number of carbonyl (C=O) groups excluding carboxylic acids is 3. The van der Waals surface area contributed by atoms with E-state index >= 15 is 0 Å². The van der Waals surface area contributed by atoms with Crippen molar-refractivity contribution in [2.24, 2.45) is 5.92 Å². The van der Waals surface area contributed by atoms with E-state index in [9.17, 15) is 18.8 Å². The maximum atomic E-state index is 13.0. The molecule has 1 fully saturated rings. The zero-order valence-electron chi connectivity index (χ0n) is 14.9. The number of thiophene rings is 1. The number of halogens is 2.